The smallest absolute Gasteiger partial charge is 0.252 e. The molecule has 4 N–H and O–H groups in total. The van der Waals surface area contributed by atoms with Gasteiger partial charge in [-0.2, -0.15) is 0 Å². The number of primary amides is 1. The Kier molecular flexibility index (Phi) is 3.50. The van der Waals surface area contributed by atoms with Crippen LogP contribution in [0.1, 0.15) is 29.3 Å². The number of fused-ring (bicyclic) bond motifs is 1. The quantitative estimate of drug-likeness (QED) is 0.733. The van der Waals surface area contributed by atoms with Crippen molar-refractivity contribution in [3.05, 3.63) is 29.3 Å². The molecule has 1 aromatic carbocycles. The number of nitrogens with two attached hydrogens (primary N) is 1. The summed E-state index contributed by atoms with van der Waals surface area (Å²) in [6, 6.07) is 4.91. The highest BCUT2D eigenvalue weighted by atomic mass is 16.2. The van der Waals surface area contributed by atoms with Crippen molar-refractivity contribution in [2.24, 2.45) is 5.73 Å². The average molecular weight is 247 g/mol. The molecule has 0 spiro atoms. The number of nitrogens with one attached hydrogen (secondary N) is 2. The van der Waals surface area contributed by atoms with Gasteiger partial charge in [0.15, 0.2) is 0 Å². The van der Waals surface area contributed by atoms with Gasteiger partial charge in [-0.3, -0.25) is 9.59 Å². The molecule has 1 aliphatic rings. The van der Waals surface area contributed by atoms with E-state index in [0.717, 1.165) is 30.6 Å². The molecule has 0 aromatic heterocycles. The van der Waals surface area contributed by atoms with Gasteiger partial charge in [0.2, 0.25) is 5.91 Å². The van der Waals surface area contributed by atoms with Gasteiger partial charge >= 0.3 is 0 Å². The number of carbonyl (C=O) groups excluding carboxylic acids is 2. The molecule has 0 saturated carbocycles. The van der Waals surface area contributed by atoms with Crippen LogP contribution in [0.25, 0.3) is 0 Å². The largest absolute Gasteiger partial charge is 0.385 e. The van der Waals surface area contributed by atoms with Crippen molar-refractivity contribution in [1.82, 2.24) is 5.32 Å². The molecule has 1 heterocycles. The average Bonchev–Trinajstić information content (AvgIpc) is 2.37. The summed E-state index contributed by atoms with van der Waals surface area (Å²) in [4.78, 5) is 23.0. The van der Waals surface area contributed by atoms with Gasteiger partial charge in [0.25, 0.3) is 5.91 Å². The van der Waals surface area contributed by atoms with Gasteiger partial charge in [0.05, 0.1) is 0 Å². The standard InChI is InChI=1S/C13H17N3O2/c1-8(12(14)17)16-13(18)10-4-2-6-11-9(10)5-3-7-15-11/h2,4,6,8,15H,3,5,7H2,1H3,(H2,14,17)(H,16,18). The van der Waals surface area contributed by atoms with Crippen molar-refractivity contribution in [2.75, 3.05) is 11.9 Å². The predicted octanol–water partition coefficient (Wildman–Crippen LogP) is 0.648. The third-order valence-corrected chi connectivity index (χ3v) is 3.11. The second-order valence-electron chi connectivity index (χ2n) is 4.46. The Bertz CT molecular complexity index is 485. The number of carbonyl (C=O) groups is 2. The van der Waals surface area contributed by atoms with Gasteiger partial charge < -0.3 is 16.4 Å². The first kappa shape index (κ1) is 12.4. The summed E-state index contributed by atoms with van der Waals surface area (Å²) < 4.78 is 0. The lowest BCUT2D eigenvalue weighted by Crippen LogP contribution is -2.42. The molecule has 5 nitrogen and oxygen atoms in total. The molecule has 2 rings (SSSR count). The molecule has 0 bridgehead atoms. The van der Waals surface area contributed by atoms with Crippen LogP contribution >= 0.6 is 0 Å². The Labute approximate surface area is 106 Å². The van der Waals surface area contributed by atoms with E-state index in [0.29, 0.717) is 5.56 Å². The molecule has 1 aliphatic heterocycles. The lowest BCUT2D eigenvalue weighted by molar-refractivity contribution is -0.119. The van der Waals surface area contributed by atoms with Gasteiger partial charge in [-0.15, -0.1) is 0 Å². The van der Waals surface area contributed by atoms with Crippen molar-refractivity contribution in [2.45, 2.75) is 25.8 Å². The molecule has 2 amide bonds. The summed E-state index contributed by atoms with van der Waals surface area (Å²) in [6.45, 7) is 2.50. The number of hydrogen-bond donors (Lipinski definition) is 3. The second-order valence-corrected chi connectivity index (χ2v) is 4.46. The first-order chi connectivity index (χ1) is 8.59. The summed E-state index contributed by atoms with van der Waals surface area (Å²) in [5, 5.41) is 5.87. The maximum absolute atomic E-state index is 12.1. The Morgan fingerprint density at radius 3 is 2.94 bits per heavy atom. The van der Waals surface area contributed by atoms with Crippen LogP contribution in [0.4, 0.5) is 5.69 Å². The minimum absolute atomic E-state index is 0.248. The Morgan fingerprint density at radius 1 is 1.44 bits per heavy atom. The van der Waals surface area contributed by atoms with Crippen LogP contribution in [-0.4, -0.2) is 24.4 Å². The van der Waals surface area contributed by atoms with Crippen LogP contribution in [0.3, 0.4) is 0 Å². The van der Waals surface area contributed by atoms with Crippen LogP contribution in [0.2, 0.25) is 0 Å². The van der Waals surface area contributed by atoms with E-state index in [1.807, 2.05) is 12.1 Å². The zero-order valence-electron chi connectivity index (χ0n) is 10.3. The van der Waals surface area contributed by atoms with E-state index < -0.39 is 11.9 Å². The van der Waals surface area contributed by atoms with E-state index in [-0.39, 0.29) is 5.91 Å². The number of benzene rings is 1. The van der Waals surface area contributed by atoms with Crippen molar-refractivity contribution < 1.29 is 9.59 Å². The molecule has 96 valence electrons. The molecule has 0 radical (unpaired) electrons. The van der Waals surface area contributed by atoms with Crippen LogP contribution < -0.4 is 16.4 Å². The molecule has 5 heteroatoms. The second kappa shape index (κ2) is 5.08. The summed E-state index contributed by atoms with van der Waals surface area (Å²) >= 11 is 0. The van der Waals surface area contributed by atoms with Gasteiger partial charge in [-0.05, 0) is 37.5 Å². The Morgan fingerprint density at radius 2 is 2.22 bits per heavy atom. The van der Waals surface area contributed by atoms with Crippen LogP contribution in [0.15, 0.2) is 18.2 Å². The van der Waals surface area contributed by atoms with Crippen LogP contribution in [0, 0.1) is 0 Å². The lowest BCUT2D eigenvalue weighted by Gasteiger charge is -2.21. The SMILES string of the molecule is CC(NC(=O)c1cccc2c1CCCN2)C(N)=O. The number of anilines is 1. The van der Waals surface area contributed by atoms with Gasteiger partial charge in [0, 0.05) is 17.8 Å². The van der Waals surface area contributed by atoms with E-state index in [2.05, 4.69) is 10.6 Å². The van der Waals surface area contributed by atoms with Crippen molar-refractivity contribution >= 4 is 17.5 Å². The first-order valence-corrected chi connectivity index (χ1v) is 6.05. The number of hydrogen-bond acceptors (Lipinski definition) is 3. The molecule has 0 fully saturated rings. The maximum Gasteiger partial charge on any atom is 0.252 e. The monoisotopic (exact) mass is 247 g/mol. The minimum atomic E-state index is -0.662. The fraction of sp³-hybridized carbons (Fsp3) is 0.385. The molecule has 18 heavy (non-hydrogen) atoms. The maximum atomic E-state index is 12.1. The Hall–Kier alpha value is -2.04. The van der Waals surface area contributed by atoms with Crippen LogP contribution in [0.5, 0.6) is 0 Å². The molecular weight excluding hydrogens is 230 g/mol. The third kappa shape index (κ3) is 2.45. The van der Waals surface area contributed by atoms with E-state index >= 15 is 0 Å². The highest BCUT2D eigenvalue weighted by Gasteiger charge is 2.19. The minimum Gasteiger partial charge on any atom is -0.385 e. The fourth-order valence-corrected chi connectivity index (χ4v) is 2.07. The first-order valence-electron chi connectivity index (χ1n) is 6.05. The zero-order chi connectivity index (χ0) is 13.1. The van der Waals surface area contributed by atoms with E-state index in [1.165, 1.54) is 0 Å². The van der Waals surface area contributed by atoms with E-state index in [9.17, 15) is 9.59 Å². The molecule has 0 aliphatic carbocycles. The molecule has 0 saturated heterocycles. The molecular formula is C13H17N3O2. The zero-order valence-corrected chi connectivity index (χ0v) is 10.3. The van der Waals surface area contributed by atoms with Crippen LogP contribution in [-0.2, 0) is 11.2 Å². The molecule has 1 aromatic rings. The summed E-state index contributed by atoms with van der Waals surface area (Å²) in [5.41, 5.74) is 7.77. The van der Waals surface area contributed by atoms with Gasteiger partial charge in [0.1, 0.15) is 6.04 Å². The fourth-order valence-electron chi connectivity index (χ4n) is 2.07. The number of amides is 2. The lowest BCUT2D eigenvalue weighted by atomic mass is 9.97. The number of rotatable bonds is 3. The van der Waals surface area contributed by atoms with Crippen molar-refractivity contribution in [3.8, 4) is 0 Å². The van der Waals surface area contributed by atoms with Crippen molar-refractivity contribution in [1.29, 1.82) is 0 Å². The molecule has 1 unspecified atom stereocenters. The summed E-state index contributed by atoms with van der Waals surface area (Å²) in [5.74, 6) is -0.784. The highest BCUT2D eigenvalue weighted by molar-refractivity contribution is 5.99. The van der Waals surface area contributed by atoms with Gasteiger partial charge in [-0.25, -0.2) is 0 Å². The summed E-state index contributed by atoms with van der Waals surface area (Å²) in [7, 11) is 0. The Balaban J connectivity index is 2.23. The predicted molar refractivity (Wildman–Crippen MR) is 69.4 cm³/mol. The topological polar surface area (TPSA) is 84.2 Å². The highest BCUT2D eigenvalue weighted by Crippen LogP contribution is 2.25. The normalized spacial score (nSPS) is 15.2. The molecule has 1 atom stereocenters. The third-order valence-electron chi connectivity index (χ3n) is 3.11. The van der Waals surface area contributed by atoms with E-state index in [1.54, 1.807) is 13.0 Å². The van der Waals surface area contributed by atoms with E-state index in [4.69, 9.17) is 5.73 Å². The van der Waals surface area contributed by atoms with Gasteiger partial charge in [-0.1, -0.05) is 6.07 Å². The van der Waals surface area contributed by atoms with Crippen molar-refractivity contribution in [3.63, 3.8) is 0 Å². The summed E-state index contributed by atoms with van der Waals surface area (Å²) in [6.07, 6.45) is 1.87.